The van der Waals surface area contributed by atoms with E-state index in [0.717, 1.165) is 12.8 Å². The molecule has 0 aromatic carbocycles. The largest absolute Gasteiger partial charge is 0.394 e. The van der Waals surface area contributed by atoms with E-state index in [1.165, 1.54) is 32.1 Å². The molecule has 0 heterocycles. The van der Waals surface area contributed by atoms with Crippen molar-refractivity contribution in [1.29, 1.82) is 0 Å². The lowest BCUT2D eigenvalue weighted by atomic mass is 9.87. The highest BCUT2D eigenvalue weighted by Gasteiger charge is 2.43. The number of aliphatic hydroxyl groups excluding tert-OH is 1. The lowest BCUT2D eigenvalue weighted by Crippen LogP contribution is -2.40. The minimum atomic E-state index is -0.230. The number of carbonyl (C=O) groups excluding carboxylic acids is 1. The van der Waals surface area contributed by atoms with Gasteiger partial charge < -0.3 is 10.4 Å². The van der Waals surface area contributed by atoms with Gasteiger partial charge in [0.05, 0.1) is 12.1 Å². The van der Waals surface area contributed by atoms with E-state index in [2.05, 4.69) is 5.32 Å². The van der Waals surface area contributed by atoms with Crippen LogP contribution < -0.4 is 5.32 Å². The van der Waals surface area contributed by atoms with Gasteiger partial charge in [0.2, 0.25) is 5.91 Å². The van der Waals surface area contributed by atoms with Crippen LogP contribution in [-0.2, 0) is 4.79 Å². The normalized spacial score (nSPS) is 24.9. The predicted octanol–water partition coefficient (Wildman–Crippen LogP) is 1.60. The van der Waals surface area contributed by atoms with Crippen LogP contribution >= 0.6 is 0 Å². The smallest absolute Gasteiger partial charge is 0.220 e. The first-order valence-corrected chi connectivity index (χ1v) is 6.16. The molecule has 2 aliphatic rings. The van der Waals surface area contributed by atoms with Gasteiger partial charge in [-0.1, -0.05) is 19.3 Å². The Bertz CT molecular complexity index is 230. The van der Waals surface area contributed by atoms with Crippen LogP contribution in [0.5, 0.6) is 0 Å². The fraction of sp³-hybridized carbons (Fsp3) is 0.917. The van der Waals surface area contributed by atoms with E-state index in [-0.39, 0.29) is 18.1 Å². The van der Waals surface area contributed by atoms with Crippen LogP contribution in [-0.4, -0.2) is 23.2 Å². The zero-order chi connectivity index (χ0) is 10.7. The average Bonchev–Trinajstić information content (AvgIpc) is 3.00. The lowest BCUT2D eigenvalue weighted by Gasteiger charge is -2.22. The molecule has 0 radical (unpaired) electrons. The van der Waals surface area contributed by atoms with Crippen molar-refractivity contribution in [3.05, 3.63) is 0 Å². The summed E-state index contributed by atoms with van der Waals surface area (Å²) in [6, 6.07) is 0. The van der Waals surface area contributed by atoms with Crippen molar-refractivity contribution in [1.82, 2.24) is 5.32 Å². The molecule has 15 heavy (non-hydrogen) atoms. The molecule has 0 aliphatic heterocycles. The Kier molecular flexibility index (Phi) is 3.29. The molecule has 2 aliphatic carbocycles. The maximum absolute atomic E-state index is 11.7. The molecule has 0 unspecified atom stereocenters. The number of hydrogen-bond acceptors (Lipinski definition) is 2. The standard InChI is InChI=1S/C12H21NO2/c14-9-12(6-7-12)13-11(15)8-10-4-2-1-3-5-10/h10,14H,1-9H2,(H,13,15). The first kappa shape index (κ1) is 10.9. The number of hydrogen-bond donors (Lipinski definition) is 2. The predicted molar refractivity (Wildman–Crippen MR) is 58.4 cm³/mol. The van der Waals surface area contributed by atoms with Gasteiger partial charge >= 0.3 is 0 Å². The molecule has 0 atom stereocenters. The summed E-state index contributed by atoms with van der Waals surface area (Å²) in [7, 11) is 0. The summed E-state index contributed by atoms with van der Waals surface area (Å²) in [5.74, 6) is 0.738. The van der Waals surface area contributed by atoms with E-state index in [1.807, 2.05) is 0 Å². The van der Waals surface area contributed by atoms with Crippen molar-refractivity contribution in [2.24, 2.45) is 5.92 Å². The SMILES string of the molecule is O=C(CC1CCCCC1)NC1(CO)CC1. The summed E-state index contributed by atoms with van der Waals surface area (Å²) in [5, 5.41) is 12.1. The average molecular weight is 211 g/mol. The van der Waals surface area contributed by atoms with Gasteiger partial charge in [0.25, 0.3) is 0 Å². The Labute approximate surface area is 91.2 Å². The van der Waals surface area contributed by atoms with Crippen molar-refractivity contribution >= 4 is 5.91 Å². The number of aliphatic hydroxyl groups is 1. The van der Waals surface area contributed by atoms with E-state index in [4.69, 9.17) is 5.11 Å². The third-order valence-corrected chi connectivity index (χ3v) is 3.76. The maximum Gasteiger partial charge on any atom is 0.220 e. The van der Waals surface area contributed by atoms with Gasteiger partial charge in [-0.15, -0.1) is 0 Å². The van der Waals surface area contributed by atoms with Gasteiger partial charge in [0.1, 0.15) is 0 Å². The first-order valence-electron chi connectivity index (χ1n) is 6.16. The summed E-state index contributed by atoms with van der Waals surface area (Å²) in [6.07, 6.45) is 8.87. The third kappa shape index (κ3) is 2.94. The van der Waals surface area contributed by atoms with Crippen molar-refractivity contribution in [2.45, 2.75) is 56.9 Å². The van der Waals surface area contributed by atoms with Crippen LogP contribution in [0.25, 0.3) is 0 Å². The highest BCUT2D eigenvalue weighted by Crippen LogP contribution is 2.35. The maximum atomic E-state index is 11.7. The fourth-order valence-corrected chi connectivity index (χ4v) is 2.47. The monoisotopic (exact) mass is 211 g/mol. The van der Waals surface area contributed by atoms with Gasteiger partial charge in [0.15, 0.2) is 0 Å². The quantitative estimate of drug-likeness (QED) is 0.742. The van der Waals surface area contributed by atoms with Gasteiger partial charge in [-0.25, -0.2) is 0 Å². The van der Waals surface area contributed by atoms with Crippen LogP contribution in [0.2, 0.25) is 0 Å². The molecule has 0 aromatic heterocycles. The van der Waals surface area contributed by atoms with E-state index in [9.17, 15) is 4.79 Å². The highest BCUT2D eigenvalue weighted by atomic mass is 16.3. The van der Waals surface area contributed by atoms with Gasteiger partial charge in [-0.05, 0) is 31.6 Å². The van der Waals surface area contributed by atoms with E-state index in [0.29, 0.717) is 12.3 Å². The molecule has 2 N–H and O–H groups in total. The summed E-state index contributed by atoms with van der Waals surface area (Å²) in [5.41, 5.74) is -0.230. The van der Waals surface area contributed by atoms with Crippen molar-refractivity contribution in [3.63, 3.8) is 0 Å². The topological polar surface area (TPSA) is 49.3 Å². The molecule has 3 heteroatoms. The number of carbonyl (C=O) groups is 1. The first-order chi connectivity index (χ1) is 7.24. The molecule has 0 aromatic rings. The number of nitrogens with one attached hydrogen (secondary N) is 1. The molecule has 0 saturated heterocycles. The van der Waals surface area contributed by atoms with Crippen LogP contribution in [0, 0.1) is 5.92 Å². The van der Waals surface area contributed by atoms with Gasteiger partial charge in [0, 0.05) is 6.42 Å². The lowest BCUT2D eigenvalue weighted by molar-refractivity contribution is -0.123. The molecule has 0 spiro atoms. The van der Waals surface area contributed by atoms with Crippen molar-refractivity contribution in [2.75, 3.05) is 6.61 Å². The highest BCUT2D eigenvalue weighted by molar-refractivity contribution is 5.77. The molecule has 2 rings (SSSR count). The second-order valence-electron chi connectivity index (χ2n) is 5.19. The molecule has 3 nitrogen and oxygen atoms in total. The second kappa shape index (κ2) is 4.52. The van der Waals surface area contributed by atoms with Gasteiger partial charge in [-0.3, -0.25) is 4.79 Å². The summed E-state index contributed by atoms with van der Waals surface area (Å²) >= 11 is 0. The molecular formula is C12H21NO2. The summed E-state index contributed by atoms with van der Waals surface area (Å²) < 4.78 is 0. The van der Waals surface area contributed by atoms with Crippen LogP contribution in [0.15, 0.2) is 0 Å². The van der Waals surface area contributed by atoms with E-state index < -0.39 is 0 Å². The molecule has 2 fully saturated rings. The Morgan fingerprint density at radius 1 is 1.27 bits per heavy atom. The molecule has 86 valence electrons. The zero-order valence-electron chi connectivity index (χ0n) is 9.30. The Balaban J connectivity index is 1.72. The second-order valence-corrected chi connectivity index (χ2v) is 5.19. The third-order valence-electron chi connectivity index (χ3n) is 3.76. The molecule has 0 bridgehead atoms. The number of amides is 1. The van der Waals surface area contributed by atoms with Gasteiger partial charge in [-0.2, -0.15) is 0 Å². The minimum absolute atomic E-state index is 0.101. The van der Waals surface area contributed by atoms with E-state index >= 15 is 0 Å². The Morgan fingerprint density at radius 2 is 1.93 bits per heavy atom. The van der Waals surface area contributed by atoms with Crippen LogP contribution in [0.3, 0.4) is 0 Å². The number of rotatable bonds is 4. The molecule has 1 amide bonds. The van der Waals surface area contributed by atoms with Crippen LogP contribution in [0.4, 0.5) is 0 Å². The zero-order valence-corrected chi connectivity index (χ0v) is 9.30. The Hall–Kier alpha value is -0.570. The summed E-state index contributed by atoms with van der Waals surface area (Å²) in [6.45, 7) is 0.101. The van der Waals surface area contributed by atoms with Crippen molar-refractivity contribution < 1.29 is 9.90 Å². The van der Waals surface area contributed by atoms with E-state index in [1.54, 1.807) is 0 Å². The minimum Gasteiger partial charge on any atom is -0.394 e. The molecule has 2 saturated carbocycles. The fourth-order valence-electron chi connectivity index (χ4n) is 2.47. The van der Waals surface area contributed by atoms with Crippen LogP contribution in [0.1, 0.15) is 51.4 Å². The van der Waals surface area contributed by atoms with Crippen molar-refractivity contribution in [3.8, 4) is 0 Å². The Morgan fingerprint density at radius 3 is 2.47 bits per heavy atom. The summed E-state index contributed by atoms with van der Waals surface area (Å²) in [4.78, 5) is 11.7. The molecular weight excluding hydrogens is 190 g/mol.